The van der Waals surface area contributed by atoms with Gasteiger partial charge in [-0.1, -0.05) is 17.7 Å². The third-order valence-corrected chi connectivity index (χ3v) is 4.77. The first kappa shape index (κ1) is 22.8. The number of rotatable bonds is 7. The molecule has 3 rings (SSSR count). The Morgan fingerprint density at radius 2 is 1.81 bits per heavy atom. The number of carbonyl (C=O) groups is 2. The molecule has 0 bridgehead atoms. The Kier molecular flexibility index (Phi) is 7.07. The Morgan fingerprint density at radius 3 is 2.47 bits per heavy atom. The first-order valence-corrected chi connectivity index (χ1v) is 9.83. The summed E-state index contributed by atoms with van der Waals surface area (Å²) in [7, 11) is 2.98. The van der Waals surface area contributed by atoms with E-state index in [1.807, 2.05) is 0 Å². The fourth-order valence-electron chi connectivity index (χ4n) is 2.98. The maximum absolute atomic E-state index is 13.3. The highest BCUT2D eigenvalue weighted by Gasteiger charge is 2.23. The van der Waals surface area contributed by atoms with Gasteiger partial charge in [-0.3, -0.25) is 9.59 Å². The largest absolute Gasteiger partial charge is 0.493 e. The lowest BCUT2D eigenvalue weighted by molar-refractivity contribution is 0.0988. The van der Waals surface area contributed by atoms with E-state index >= 15 is 0 Å². The monoisotopic (exact) mass is 452 g/mol. The Hall–Kier alpha value is -3.91. The molecule has 0 saturated heterocycles. The van der Waals surface area contributed by atoms with Crippen molar-refractivity contribution in [3.05, 3.63) is 76.4 Å². The standard InChI is InChI=1S/C23H21ClN4O4/c1-14-6-5-7-21(26-14)28(25-2)23(30)17-13-16(24)9-10-18(17)27-22(29)15-8-11-19(31-3)20(12-15)32-4/h5-13H,2H2,1,3-4H3,(H,27,29). The van der Waals surface area contributed by atoms with E-state index in [4.69, 9.17) is 21.1 Å². The number of methoxy groups -OCH3 is 2. The average Bonchev–Trinajstić information content (AvgIpc) is 2.80. The number of nitrogens with one attached hydrogen (secondary N) is 1. The molecule has 1 aromatic heterocycles. The van der Waals surface area contributed by atoms with Crippen LogP contribution >= 0.6 is 11.6 Å². The highest BCUT2D eigenvalue weighted by atomic mass is 35.5. The van der Waals surface area contributed by atoms with Crippen LogP contribution < -0.4 is 19.8 Å². The normalized spacial score (nSPS) is 10.2. The minimum absolute atomic E-state index is 0.127. The van der Waals surface area contributed by atoms with Crippen molar-refractivity contribution in [3.63, 3.8) is 0 Å². The van der Waals surface area contributed by atoms with Crippen molar-refractivity contribution in [2.24, 2.45) is 5.10 Å². The molecule has 0 aliphatic heterocycles. The van der Waals surface area contributed by atoms with Gasteiger partial charge in [-0.25, -0.2) is 4.98 Å². The number of pyridine rings is 1. The molecular formula is C23H21ClN4O4. The number of hydrazone groups is 1. The Balaban J connectivity index is 1.95. The number of amides is 2. The highest BCUT2D eigenvalue weighted by molar-refractivity contribution is 6.31. The predicted octanol–water partition coefficient (Wildman–Crippen LogP) is 4.58. The van der Waals surface area contributed by atoms with Gasteiger partial charge in [0.15, 0.2) is 17.3 Å². The molecule has 2 aromatic carbocycles. The van der Waals surface area contributed by atoms with Gasteiger partial charge >= 0.3 is 0 Å². The van der Waals surface area contributed by atoms with Gasteiger partial charge in [0, 0.05) is 23.0 Å². The van der Waals surface area contributed by atoms with E-state index in [9.17, 15) is 9.59 Å². The van der Waals surface area contributed by atoms with Crippen molar-refractivity contribution in [2.45, 2.75) is 6.92 Å². The van der Waals surface area contributed by atoms with E-state index < -0.39 is 11.8 Å². The van der Waals surface area contributed by atoms with Gasteiger partial charge in [-0.05, 0) is 55.5 Å². The Bertz CT molecular complexity index is 1180. The molecule has 32 heavy (non-hydrogen) atoms. The van der Waals surface area contributed by atoms with Crippen LogP contribution in [-0.2, 0) is 0 Å². The highest BCUT2D eigenvalue weighted by Crippen LogP contribution is 2.29. The molecular weight excluding hydrogens is 432 g/mol. The third-order valence-electron chi connectivity index (χ3n) is 4.53. The summed E-state index contributed by atoms with van der Waals surface area (Å²) in [4.78, 5) is 30.5. The molecule has 164 valence electrons. The van der Waals surface area contributed by atoms with E-state index in [1.54, 1.807) is 55.5 Å². The van der Waals surface area contributed by atoms with E-state index in [2.05, 4.69) is 22.1 Å². The lowest BCUT2D eigenvalue weighted by Crippen LogP contribution is -2.27. The number of hydrogen-bond acceptors (Lipinski definition) is 6. The lowest BCUT2D eigenvalue weighted by Gasteiger charge is -2.18. The summed E-state index contributed by atoms with van der Waals surface area (Å²) in [6.07, 6.45) is 0. The van der Waals surface area contributed by atoms with Crippen molar-refractivity contribution in [1.29, 1.82) is 0 Å². The summed E-state index contributed by atoms with van der Waals surface area (Å²) < 4.78 is 10.4. The van der Waals surface area contributed by atoms with Gasteiger partial charge in [0.05, 0.1) is 25.5 Å². The van der Waals surface area contributed by atoms with Crippen molar-refractivity contribution >= 4 is 41.6 Å². The van der Waals surface area contributed by atoms with Crippen LogP contribution in [0.3, 0.4) is 0 Å². The molecule has 8 nitrogen and oxygen atoms in total. The first-order valence-electron chi connectivity index (χ1n) is 9.45. The zero-order chi connectivity index (χ0) is 23.3. The summed E-state index contributed by atoms with van der Waals surface area (Å²) in [5, 5.41) is 7.92. The fraction of sp³-hybridized carbons (Fsp3) is 0.130. The number of hydrogen-bond donors (Lipinski definition) is 1. The average molecular weight is 453 g/mol. The number of carbonyl (C=O) groups excluding carboxylic acids is 2. The van der Waals surface area contributed by atoms with Crippen molar-refractivity contribution in [3.8, 4) is 11.5 Å². The van der Waals surface area contributed by atoms with Crippen molar-refractivity contribution in [2.75, 3.05) is 24.5 Å². The predicted molar refractivity (Wildman–Crippen MR) is 124 cm³/mol. The van der Waals surface area contributed by atoms with Gasteiger partial charge < -0.3 is 14.8 Å². The molecule has 0 saturated carbocycles. The molecule has 2 amide bonds. The number of nitrogens with zero attached hydrogens (tertiary/aromatic N) is 3. The minimum Gasteiger partial charge on any atom is -0.493 e. The molecule has 0 aliphatic carbocycles. The summed E-state index contributed by atoms with van der Waals surface area (Å²) in [6, 6.07) is 14.5. The van der Waals surface area contributed by atoms with Crippen LogP contribution in [0, 0.1) is 6.92 Å². The van der Waals surface area contributed by atoms with Crippen LogP contribution in [0.4, 0.5) is 11.5 Å². The van der Waals surface area contributed by atoms with Crippen molar-refractivity contribution < 1.29 is 19.1 Å². The van der Waals surface area contributed by atoms with Crippen LogP contribution in [0.15, 0.2) is 59.7 Å². The van der Waals surface area contributed by atoms with E-state index in [-0.39, 0.29) is 11.3 Å². The van der Waals surface area contributed by atoms with Gasteiger partial charge in [0.2, 0.25) is 0 Å². The quantitative estimate of drug-likeness (QED) is 0.418. The number of aromatic nitrogens is 1. The second-order valence-corrected chi connectivity index (χ2v) is 7.05. The number of ether oxygens (including phenoxy) is 2. The molecule has 0 fully saturated rings. The topological polar surface area (TPSA) is 93.1 Å². The van der Waals surface area contributed by atoms with E-state index in [0.29, 0.717) is 33.6 Å². The maximum atomic E-state index is 13.3. The van der Waals surface area contributed by atoms with Gasteiger partial charge in [-0.2, -0.15) is 10.1 Å². The van der Waals surface area contributed by atoms with Crippen LogP contribution in [0.1, 0.15) is 26.4 Å². The summed E-state index contributed by atoms with van der Waals surface area (Å²) in [5.41, 5.74) is 1.40. The molecule has 0 spiro atoms. The zero-order valence-electron chi connectivity index (χ0n) is 17.8. The Labute approximate surface area is 190 Å². The molecule has 9 heteroatoms. The molecule has 0 atom stereocenters. The van der Waals surface area contributed by atoms with Crippen LogP contribution in [0.2, 0.25) is 5.02 Å². The number of aryl methyl sites for hydroxylation is 1. The maximum Gasteiger partial charge on any atom is 0.282 e. The summed E-state index contributed by atoms with van der Waals surface area (Å²) in [5.74, 6) is 0.185. The lowest BCUT2D eigenvalue weighted by atomic mass is 10.1. The minimum atomic E-state index is -0.553. The Morgan fingerprint density at radius 1 is 1.06 bits per heavy atom. The fourth-order valence-corrected chi connectivity index (χ4v) is 3.15. The molecule has 1 N–H and O–H groups in total. The van der Waals surface area contributed by atoms with Gasteiger partial charge in [0.1, 0.15) is 0 Å². The van der Waals surface area contributed by atoms with Crippen molar-refractivity contribution in [1.82, 2.24) is 4.98 Å². The van der Waals surface area contributed by atoms with Gasteiger partial charge in [0.25, 0.3) is 11.8 Å². The molecule has 0 radical (unpaired) electrons. The molecule has 0 aliphatic rings. The number of anilines is 2. The molecule has 3 aromatic rings. The van der Waals surface area contributed by atoms with Crippen LogP contribution in [0.25, 0.3) is 0 Å². The number of halogens is 1. The first-order chi connectivity index (χ1) is 15.4. The smallest absolute Gasteiger partial charge is 0.282 e. The van der Waals surface area contributed by atoms with E-state index in [0.717, 1.165) is 5.01 Å². The SMILES string of the molecule is C=NN(C(=O)c1cc(Cl)ccc1NC(=O)c1ccc(OC)c(OC)c1)c1cccc(C)n1. The van der Waals surface area contributed by atoms with Crippen LogP contribution in [-0.4, -0.2) is 37.7 Å². The van der Waals surface area contributed by atoms with Crippen LogP contribution in [0.5, 0.6) is 11.5 Å². The second kappa shape index (κ2) is 9.93. The van der Waals surface area contributed by atoms with Gasteiger partial charge in [-0.15, -0.1) is 0 Å². The second-order valence-electron chi connectivity index (χ2n) is 6.61. The molecule has 0 unspecified atom stereocenters. The molecule has 1 heterocycles. The summed E-state index contributed by atoms with van der Waals surface area (Å²) >= 11 is 6.13. The zero-order valence-corrected chi connectivity index (χ0v) is 18.5. The van der Waals surface area contributed by atoms with E-state index in [1.165, 1.54) is 20.3 Å². The summed E-state index contributed by atoms with van der Waals surface area (Å²) in [6.45, 7) is 5.27. The third kappa shape index (κ3) is 4.87. The number of benzene rings is 2.